The van der Waals surface area contributed by atoms with Crippen molar-refractivity contribution >= 4 is 0 Å². The average Bonchev–Trinajstić information content (AvgIpc) is 2.37. The van der Waals surface area contributed by atoms with Crippen molar-refractivity contribution in [2.24, 2.45) is 0 Å². The second-order valence-electron chi connectivity index (χ2n) is 4.09. The standard InChI is InChI=1S/C13H18N2O2/c1-10(9-16)15(2)8-12-6-11(7-14)4-5-13(12)17-3/h4-6,10,16H,8-9H2,1-3H3. The van der Waals surface area contributed by atoms with Crippen LogP contribution < -0.4 is 4.74 Å². The number of aliphatic hydroxyl groups is 1. The lowest BCUT2D eigenvalue weighted by atomic mass is 10.1. The normalized spacial score (nSPS) is 12.2. The Hall–Kier alpha value is -1.57. The van der Waals surface area contributed by atoms with Crippen LogP contribution in [0.25, 0.3) is 0 Å². The molecular weight excluding hydrogens is 216 g/mol. The van der Waals surface area contributed by atoms with Crippen LogP contribution in [-0.2, 0) is 6.54 Å². The maximum absolute atomic E-state index is 9.09. The van der Waals surface area contributed by atoms with E-state index >= 15 is 0 Å². The number of rotatable bonds is 5. The Morgan fingerprint density at radius 3 is 2.76 bits per heavy atom. The molecule has 1 aromatic rings. The maximum atomic E-state index is 9.09. The summed E-state index contributed by atoms with van der Waals surface area (Å²) in [5.74, 6) is 0.765. The van der Waals surface area contributed by atoms with Gasteiger partial charge in [-0.1, -0.05) is 0 Å². The monoisotopic (exact) mass is 234 g/mol. The summed E-state index contributed by atoms with van der Waals surface area (Å²) in [7, 11) is 3.54. The number of methoxy groups -OCH3 is 1. The van der Waals surface area contributed by atoms with Crippen molar-refractivity contribution in [1.82, 2.24) is 4.90 Å². The molecule has 0 radical (unpaired) electrons. The lowest BCUT2D eigenvalue weighted by Crippen LogP contribution is -2.31. The van der Waals surface area contributed by atoms with Gasteiger partial charge in [-0.2, -0.15) is 5.26 Å². The lowest BCUT2D eigenvalue weighted by molar-refractivity contribution is 0.153. The molecule has 0 aliphatic heterocycles. The number of hydrogen-bond donors (Lipinski definition) is 1. The molecule has 1 N–H and O–H groups in total. The van der Waals surface area contributed by atoms with Gasteiger partial charge in [-0.25, -0.2) is 0 Å². The fraction of sp³-hybridized carbons (Fsp3) is 0.462. The van der Waals surface area contributed by atoms with Crippen LogP contribution >= 0.6 is 0 Å². The Kier molecular flexibility index (Phi) is 4.95. The summed E-state index contributed by atoms with van der Waals surface area (Å²) in [6.45, 7) is 2.69. The molecule has 4 heteroatoms. The van der Waals surface area contributed by atoms with Gasteiger partial charge in [-0.3, -0.25) is 4.90 Å². The zero-order chi connectivity index (χ0) is 12.8. The van der Waals surface area contributed by atoms with E-state index in [2.05, 4.69) is 6.07 Å². The summed E-state index contributed by atoms with van der Waals surface area (Å²) in [4.78, 5) is 2.01. The minimum atomic E-state index is 0.0745. The van der Waals surface area contributed by atoms with Crippen molar-refractivity contribution in [2.75, 3.05) is 20.8 Å². The first-order chi connectivity index (χ1) is 8.12. The minimum absolute atomic E-state index is 0.0745. The highest BCUT2D eigenvalue weighted by Gasteiger charge is 2.11. The quantitative estimate of drug-likeness (QED) is 0.836. The SMILES string of the molecule is COc1ccc(C#N)cc1CN(C)C(C)CO. The first-order valence-electron chi connectivity index (χ1n) is 5.50. The second kappa shape index (κ2) is 6.24. The Morgan fingerprint density at radius 2 is 2.24 bits per heavy atom. The molecule has 0 heterocycles. The van der Waals surface area contributed by atoms with Gasteiger partial charge in [-0.15, -0.1) is 0 Å². The largest absolute Gasteiger partial charge is 0.496 e. The third kappa shape index (κ3) is 3.45. The van der Waals surface area contributed by atoms with Gasteiger partial charge in [0.25, 0.3) is 0 Å². The fourth-order valence-corrected chi connectivity index (χ4v) is 1.54. The molecule has 1 rings (SSSR count). The van der Waals surface area contributed by atoms with E-state index in [1.165, 1.54) is 0 Å². The van der Waals surface area contributed by atoms with Crippen LogP contribution in [0.15, 0.2) is 18.2 Å². The predicted molar refractivity (Wildman–Crippen MR) is 65.7 cm³/mol. The molecule has 0 aliphatic carbocycles. The van der Waals surface area contributed by atoms with Crippen molar-refractivity contribution in [3.8, 4) is 11.8 Å². The Morgan fingerprint density at radius 1 is 1.53 bits per heavy atom. The number of ether oxygens (including phenoxy) is 1. The van der Waals surface area contributed by atoms with E-state index in [0.29, 0.717) is 12.1 Å². The molecule has 1 atom stereocenters. The lowest BCUT2D eigenvalue weighted by Gasteiger charge is -2.23. The van der Waals surface area contributed by atoms with Crippen LogP contribution in [0.4, 0.5) is 0 Å². The molecule has 1 aromatic carbocycles. The summed E-state index contributed by atoms with van der Waals surface area (Å²) < 4.78 is 5.26. The fourth-order valence-electron chi connectivity index (χ4n) is 1.54. The molecule has 0 saturated heterocycles. The van der Waals surface area contributed by atoms with Crippen molar-refractivity contribution in [1.29, 1.82) is 5.26 Å². The Balaban J connectivity index is 2.92. The van der Waals surface area contributed by atoms with Crippen LogP contribution in [0.2, 0.25) is 0 Å². The number of nitrogens with zero attached hydrogens (tertiary/aromatic N) is 2. The summed E-state index contributed by atoms with van der Waals surface area (Å²) in [6, 6.07) is 7.54. The van der Waals surface area contributed by atoms with Crippen LogP contribution in [0.1, 0.15) is 18.1 Å². The molecule has 0 saturated carbocycles. The van der Waals surface area contributed by atoms with E-state index in [9.17, 15) is 0 Å². The van der Waals surface area contributed by atoms with Gasteiger partial charge in [0.05, 0.1) is 25.3 Å². The molecule has 0 aromatic heterocycles. The molecule has 92 valence electrons. The summed E-state index contributed by atoms with van der Waals surface area (Å²) in [6.07, 6.45) is 0. The number of hydrogen-bond acceptors (Lipinski definition) is 4. The zero-order valence-corrected chi connectivity index (χ0v) is 10.5. The third-order valence-corrected chi connectivity index (χ3v) is 2.85. The molecule has 0 aliphatic rings. The average molecular weight is 234 g/mol. The van der Waals surface area contributed by atoms with Gasteiger partial charge < -0.3 is 9.84 Å². The van der Waals surface area contributed by atoms with Crippen LogP contribution in [0.3, 0.4) is 0 Å². The van der Waals surface area contributed by atoms with E-state index in [1.54, 1.807) is 19.2 Å². The number of likely N-dealkylation sites (N-methyl/N-ethyl adjacent to an activating group) is 1. The number of nitriles is 1. The summed E-state index contributed by atoms with van der Waals surface area (Å²) in [5.41, 5.74) is 1.57. The highest BCUT2D eigenvalue weighted by molar-refractivity contribution is 5.42. The van der Waals surface area contributed by atoms with Crippen LogP contribution in [0.5, 0.6) is 5.75 Å². The Labute approximate surface area is 102 Å². The smallest absolute Gasteiger partial charge is 0.123 e. The van der Waals surface area contributed by atoms with E-state index in [4.69, 9.17) is 15.1 Å². The molecule has 4 nitrogen and oxygen atoms in total. The third-order valence-electron chi connectivity index (χ3n) is 2.85. The maximum Gasteiger partial charge on any atom is 0.123 e. The number of aliphatic hydroxyl groups excluding tert-OH is 1. The van der Waals surface area contributed by atoms with E-state index in [1.807, 2.05) is 24.9 Å². The topological polar surface area (TPSA) is 56.5 Å². The Bertz CT molecular complexity index is 412. The van der Waals surface area contributed by atoms with Crippen molar-refractivity contribution in [2.45, 2.75) is 19.5 Å². The van der Waals surface area contributed by atoms with Crippen molar-refractivity contribution < 1.29 is 9.84 Å². The van der Waals surface area contributed by atoms with Gasteiger partial charge in [0.2, 0.25) is 0 Å². The van der Waals surface area contributed by atoms with Gasteiger partial charge in [-0.05, 0) is 32.2 Å². The highest BCUT2D eigenvalue weighted by Crippen LogP contribution is 2.21. The van der Waals surface area contributed by atoms with Crippen molar-refractivity contribution in [3.63, 3.8) is 0 Å². The van der Waals surface area contributed by atoms with E-state index in [-0.39, 0.29) is 12.6 Å². The van der Waals surface area contributed by atoms with Gasteiger partial charge >= 0.3 is 0 Å². The highest BCUT2D eigenvalue weighted by atomic mass is 16.5. The molecule has 0 amide bonds. The molecule has 0 fully saturated rings. The summed E-state index contributed by atoms with van der Waals surface area (Å²) >= 11 is 0. The van der Waals surface area contributed by atoms with Gasteiger partial charge in [0.15, 0.2) is 0 Å². The zero-order valence-electron chi connectivity index (χ0n) is 10.5. The second-order valence-corrected chi connectivity index (χ2v) is 4.09. The number of benzene rings is 1. The van der Waals surface area contributed by atoms with Crippen molar-refractivity contribution in [3.05, 3.63) is 29.3 Å². The van der Waals surface area contributed by atoms with Gasteiger partial charge in [0.1, 0.15) is 5.75 Å². The molecule has 0 bridgehead atoms. The molecule has 17 heavy (non-hydrogen) atoms. The van der Waals surface area contributed by atoms with E-state index < -0.39 is 0 Å². The molecular formula is C13H18N2O2. The minimum Gasteiger partial charge on any atom is -0.496 e. The van der Waals surface area contributed by atoms with Gasteiger partial charge in [0, 0.05) is 18.2 Å². The first kappa shape index (κ1) is 13.5. The van der Waals surface area contributed by atoms with Crippen LogP contribution in [-0.4, -0.2) is 36.8 Å². The predicted octanol–water partition coefficient (Wildman–Crippen LogP) is 1.38. The van der Waals surface area contributed by atoms with E-state index in [0.717, 1.165) is 11.3 Å². The molecule has 0 spiro atoms. The molecule has 1 unspecified atom stereocenters. The first-order valence-corrected chi connectivity index (χ1v) is 5.50. The summed E-state index contributed by atoms with van der Waals surface area (Å²) in [5, 5.41) is 18.0. The van der Waals surface area contributed by atoms with Crippen LogP contribution in [0, 0.1) is 11.3 Å².